The molecule has 0 saturated heterocycles. The number of hydrogen-bond donors (Lipinski definition) is 2. The third kappa shape index (κ3) is 3.04. The molecule has 0 aromatic heterocycles. The second-order valence-corrected chi connectivity index (χ2v) is 2.57. The van der Waals surface area contributed by atoms with E-state index in [1.807, 2.05) is 0 Å². The Morgan fingerprint density at radius 2 is 1.21 bits per heavy atom. The van der Waals surface area contributed by atoms with Crippen molar-refractivity contribution in [2.75, 3.05) is 0 Å². The second-order valence-electron chi connectivity index (χ2n) is 2.57. The van der Waals surface area contributed by atoms with Crippen molar-refractivity contribution in [3.63, 3.8) is 0 Å². The summed E-state index contributed by atoms with van der Waals surface area (Å²) in [6.45, 7) is 0.786. The summed E-state index contributed by atoms with van der Waals surface area (Å²) in [6.07, 6.45) is -4.18. The Morgan fingerprint density at radius 3 is 1.36 bits per heavy atom. The molecular weight excluding hydrogens is 206 g/mol. The van der Waals surface area contributed by atoms with Gasteiger partial charge in [-0.15, -0.1) is 0 Å². The van der Waals surface area contributed by atoms with E-state index >= 15 is 0 Å². The first kappa shape index (κ1) is 12.4. The number of carbonyl (C=O) groups is 2. The molecule has 2 atom stereocenters. The summed E-state index contributed by atoms with van der Waals surface area (Å²) in [5.74, 6) is -6.84. The maximum absolute atomic E-state index is 13.1. The molecule has 0 heterocycles. The van der Waals surface area contributed by atoms with Crippen molar-refractivity contribution in [1.29, 1.82) is 0 Å². The van der Waals surface area contributed by atoms with Gasteiger partial charge in [0.2, 0.25) is 0 Å². The minimum atomic E-state index is -3.42. The molecule has 0 rings (SSSR count). The molecule has 2 N–H and O–H groups in total. The largest absolute Gasteiger partial charge is 0.508 e. The zero-order valence-electron chi connectivity index (χ0n) is 7.28. The first-order valence-corrected chi connectivity index (χ1v) is 3.30. The number of carboxylic acid groups (broad SMARTS) is 2. The van der Waals surface area contributed by atoms with Crippen LogP contribution >= 0.6 is 0 Å². The molecule has 0 spiro atoms. The SMILES string of the molecule is CC(F)(OC(=O)O)C(C)(F)OC(=O)O. The van der Waals surface area contributed by atoms with E-state index in [1.54, 1.807) is 0 Å². The predicted octanol–water partition coefficient (Wildman–Crippen LogP) is 1.75. The highest BCUT2D eigenvalue weighted by Gasteiger charge is 2.53. The maximum Gasteiger partial charge on any atom is 0.508 e. The summed E-state index contributed by atoms with van der Waals surface area (Å²) < 4.78 is 33.2. The van der Waals surface area contributed by atoms with Gasteiger partial charge in [0, 0.05) is 13.8 Å². The number of rotatable bonds is 3. The van der Waals surface area contributed by atoms with Crippen LogP contribution in [0.1, 0.15) is 13.8 Å². The van der Waals surface area contributed by atoms with E-state index in [4.69, 9.17) is 10.2 Å². The average molecular weight is 214 g/mol. The molecule has 14 heavy (non-hydrogen) atoms. The van der Waals surface area contributed by atoms with Gasteiger partial charge in [-0.2, -0.15) is 8.78 Å². The van der Waals surface area contributed by atoms with Crippen molar-refractivity contribution < 1.29 is 38.1 Å². The Hall–Kier alpha value is -1.60. The first-order chi connectivity index (χ1) is 6.08. The standard InChI is InChI=1S/C6H8F2O6/c1-5(7,13-3(9)10)6(2,8)14-4(11)12/h1-2H3,(H,9,10)(H,11,12). The Kier molecular flexibility index (Phi) is 3.23. The normalized spacial score (nSPS) is 18.9. The van der Waals surface area contributed by atoms with Crippen molar-refractivity contribution in [1.82, 2.24) is 0 Å². The fourth-order valence-corrected chi connectivity index (χ4v) is 0.510. The van der Waals surface area contributed by atoms with Crippen molar-refractivity contribution in [2.24, 2.45) is 0 Å². The smallest absolute Gasteiger partial charge is 0.450 e. The van der Waals surface area contributed by atoms with Gasteiger partial charge >= 0.3 is 24.0 Å². The highest BCUT2D eigenvalue weighted by atomic mass is 19.2. The lowest BCUT2D eigenvalue weighted by molar-refractivity contribution is -0.274. The third-order valence-corrected chi connectivity index (χ3v) is 1.36. The first-order valence-electron chi connectivity index (χ1n) is 3.30. The fourth-order valence-electron chi connectivity index (χ4n) is 0.510. The summed E-state index contributed by atoms with van der Waals surface area (Å²) in [7, 11) is 0. The Bertz CT molecular complexity index is 223. The molecule has 0 amide bonds. The van der Waals surface area contributed by atoms with Gasteiger partial charge in [0.25, 0.3) is 0 Å². The lowest BCUT2D eigenvalue weighted by atomic mass is 10.2. The minimum Gasteiger partial charge on any atom is -0.450 e. The van der Waals surface area contributed by atoms with Gasteiger partial charge in [0.15, 0.2) is 0 Å². The molecule has 0 bridgehead atoms. The molecule has 6 nitrogen and oxygen atoms in total. The summed E-state index contributed by atoms with van der Waals surface area (Å²) in [6, 6.07) is 0. The number of halogens is 2. The van der Waals surface area contributed by atoms with Crippen LogP contribution < -0.4 is 0 Å². The van der Waals surface area contributed by atoms with Crippen molar-refractivity contribution >= 4 is 12.3 Å². The molecule has 0 aliphatic rings. The van der Waals surface area contributed by atoms with Crippen LogP contribution in [0.3, 0.4) is 0 Å². The van der Waals surface area contributed by atoms with Crippen LogP contribution in [-0.4, -0.2) is 34.2 Å². The lowest BCUT2D eigenvalue weighted by Gasteiger charge is -2.29. The van der Waals surface area contributed by atoms with Gasteiger partial charge in [-0.3, -0.25) is 0 Å². The van der Waals surface area contributed by atoms with Crippen LogP contribution in [0.2, 0.25) is 0 Å². The molecule has 0 fully saturated rings. The summed E-state index contributed by atoms with van der Waals surface area (Å²) >= 11 is 0. The number of ether oxygens (including phenoxy) is 2. The predicted molar refractivity (Wildman–Crippen MR) is 37.2 cm³/mol. The van der Waals surface area contributed by atoms with Gasteiger partial charge in [-0.25, -0.2) is 9.59 Å². The summed E-state index contributed by atoms with van der Waals surface area (Å²) in [4.78, 5) is 19.8. The van der Waals surface area contributed by atoms with E-state index in [0.29, 0.717) is 13.8 Å². The van der Waals surface area contributed by atoms with E-state index in [9.17, 15) is 18.4 Å². The van der Waals surface area contributed by atoms with Crippen LogP contribution in [-0.2, 0) is 9.47 Å². The van der Waals surface area contributed by atoms with Crippen molar-refractivity contribution in [2.45, 2.75) is 25.6 Å². The van der Waals surface area contributed by atoms with Gasteiger partial charge in [0.05, 0.1) is 0 Å². The summed E-state index contributed by atoms with van der Waals surface area (Å²) in [5.41, 5.74) is 0. The molecule has 0 radical (unpaired) electrons. The van der Waals surface area contributed by atoms with Gasteiger partial charge in [-0.05, 0) is 0 Å². The van der Waals surface area contributed by atoms with Crippen LogP contribution in [0.25, 0.3) is 0 Å². The molecule has 0 aliphatic heterocycles. The zero-order valence-corrected chi connectivity index (χ0v) is 7.28. The topological polar surface area (TPSA) is 93.1 Å². The van der Waals surface area contributed by atoms with Crippen molar-refractivity contribution in [3.05, 3.63) is 0 Å². The molecule has 8 heteroatoms. The highest BCUT2D eigenvalue weighted by Crippen LogP contribution is 2.32. The molecule has 0 saturated carbocycles. The quantitative estimate of drug-likeness (QED) is 0.695. The molecular formula is C6H8F2O6. The fraction of sp³-hybridized carbons (Fsp3) is 0.667. The van der Waals surface area contributed by atoms with Crippen LogP contribution in [0.4, 0.5) is 18.4 Å². The second kappa shape index (κ2) is 3.64. The van der Waals surface area contributed by atoms with E-state index < -0.39 is 24.0 Å². The monoisotopic (exact) mass is 214 g/mol. The Balaban J connectivity index is 4.67. The zero-order chi connectivity index (χ0) is 11.6. The maximum atomic E-state index is 13.1. The van der Waals surface area contributed by atoms with E-state index in [-0.39, 0.29) is 0 Å². The van der Waals surface area contributed by atoms with E-state index in [2.05, 4.69) is 9.47 Å². The Morgan fingerprint density at radius 1 is 1.00 bits per heavy atom. The average Bonchev–Trinajstić information content (AvgIpc) is 1.78. The minimum absolute atomic E-state index is 0.393. The molecule has 0 aliphatic carbocycles. The van der Waals surface area contributed by atoms with Crippen LogP contribution in [0, 0.1) is 0 Å². The van der Waals surface area contributed by atoms with Gasteiger partial charge in [-0.1, -0.05) is 0 Å². The molecule has 0 aromatic rings. The molecule has 2 unspecified atom stereocenters. The lowest BCUT2D eigenvalue weighted by Crippen LogP contribution is -2.49. The van der Waals surface area contributed by atoms with Crippen LogP contribution in [0.15, 0.2) is 0 Å². The third-order valence-electron chi connectivity index (χ3n) is 1.36. The highest BCUT2D eigenvalue weighted by molar-refractivity contribution is 5.59. The van der Waals surface area contributed by atoms with Crippen molar-refractivity contribution in [3.8, 4) is 0 Å². The number of alkyl halides is 2. The molecule has 0 aromatic carbocycles. The molecule has 82 valence electrons. The number of hydrogen-bond acceptors (Lipinski definition) is 4. The van der Waals surface area contributed by atoms with E-state index in [0.717, 1.165) is 0 Å². The summed E-state index contributed by atoms with van der Waals surface area (Å²) in [5, 5.41) is 16.0. The van der Waals surface area contributed by atoms with E-state index in [1.165, 1.54) is 0 Å². The van der Waals surface area contributed by atoms with Crippen LogP contribution in [0.5, 0.6) is 0 Å². The van der Waals surface area contributed by atoms with Gasteiger partial charge in [0.1, 0.15) is 0 Å². The Labute approximate surface area is 77.0 Å². The van der Waals surface area contributed by atoms with Gasteiger partial charge < -0.3 is 19.7 Å².